The molecule has 0 saturated carbocycles. The number of aromatic amines is 1. The van der Waals surface area contributed by atoms with Gasteiger partial charge in [0.2, 0.25) is 0 Å². The lowest BCUT2D eigenvalue weighted by Gasteiger charge is -2.15. The minimum atomic E-state index is -0.142. The molecule has 3 aromatic carbocycles. The van der Waals surface area contributed by atoms with Crippen LogP contribution >= 0.6 is 11.8 Å². The summed E-state index contributed by atoms with van der Waals surface area (Å²) in [6.07, 6.45) is 0. The van der Waals surface area contributed by atoms with Gasteiger partial charge in [0, 0.05) is 16.7 Å². The molecule has 2 heterocycles. The maximum Gasteiger partial charge on any atom is 0.283 e. The van der Waals surface area contributed by atoms with Crippen molar-refractivity contribution in [2.24, 2.45) is 0 Å². The predicted molar refractivity (Wildman–Crippen MR) is 126 cm³/mol. The number of ether oxygens (including phenoxy) is 1. The van der Waals surface area contributed by atoms with Gasteiger partial charge in [0.05, 0.1) is 12.8 Å². The number of benzene rings is 3. The molecular weight excluding hydrogens is 406 g/mol. The quantitative estimate of drug-likeness (QED) is 0.298. The second kappa shape index (κ2) is 7.96. The number of rotatable bonds is 5. The number of nitrogens with zero attached hydrogens (tertiary/aromatic N) is 2. The third-order valence-electron chi connectivity index (χ3n) is 5.31. The summed E-state index contributed by atoms with van der Waals surface area (Å²) in [7, 11) is 1.61. The van der Waals surface area contributed by atoms with Gasteiger partial charge in [-0.1, -0.05) is 71.9 Å². The monoisotopic (exact) mass is 427 g/mol. The highest BCUT2D eigenvalue weighted by Gasteiger charge is 2.19. The van der Waals surface area contributed by atoms with E-state index in [2.05, 4.69) is 36.2 Å². The fourth-order valence-corrected chi connectivity index (χ4v) is 4.65. The Morgan fingerprint density at radius 3 is 2.55 bits per heavy atom. The largest absolute Gasteiger partial charge is 0.495 e. The second-order valence-electron chi connectivity index (χ2n) is 7.38. The van der Waals surface area contributed by atoms with Crippen LogP contribution in [0, 0.1) is 6.92 Å². The Kier molecular flexibility index (Phi) is 5.00. The molecule has 6 heteroatoms. The maximum atomic E-state index is 13.7. The van der Waals surface area contributed by atoms with Gasteiger partial charge in [0.25, 0.3) is 5.56 Å². The lowest BCUT2D eigenvalue weighted by atomic mass is 10.2. The van der Waals surface area contributed by atoms with Gasteiger partial charge in [-0.05, 0) is 30.7 Å². The Hall–Kier alpha value is -3.51. The first-order valence-electron chi connectivity index (χ1n) is 10.0. The van der Waals surface area contributed by atoms with Crippen molar-refractivity contribution in [2.45, 2.75) is 17.8 Å². The first-order chi connectivity index (χ1) is 15.2. The molecule has 0 saturated heterocycles. The van der Waals surface area contributed by atoms with Crippen molar-refractivity contribution in [1.82, 2.24) is 14.5 Å². The van der Waals surface area contributed by atoms with E-state index in [1.807, 2.05) is 48.5 Å². The van der Waals surface area contributed by atoms with Gasteiger partial charge in [-0.25, -0.2) is 9.55 Å². The van der Waals surface area contributed by atoms with Crippen molar-refractivity contribution >= 4 is 33.7 Å². The predicted octanol–water partition coefficient (Wildman–Crippen LogP) is 5.48. The number of methoxy groups -OCH3 is 1. The molecule has 0 aliphatic carbocycles. The molecule has 0 amide bonds. The zero-order valence-corrected chi connectivity index (χ0v) is 18.1. The minimum Gasteiger partial charge on any atom is -0.495 e. The molecule has 31 heavy (non-hydrogen) atoms. The molecule has 0 atom stereocenters. The molecule has 2 aromatic heterocycles. The van der Waals surface area contributed by atoms with E-state index in [9.17, 15) is 4.79 Å². The number of fused-ring (bicyclic) bond motifs is 3. The van der Waals surface area contributed by atoms with E-state index in [-0.39, 0.29) is 5.56 Å². The van der Waals surface area contributed by atoms with Crippen LogP contribution in [0.15, 0.2) is 82.7 Å². The van der Waals surface area contributed by atoms with Crippen molar-refractivity contribution in [3.8, 4) is 11.4 Å². The van der Waals surface area contributed by atoms with Gasteiger partial charge in [-0.2, -0.15) is 0 Å². The third-order valence-corrected chi connectivity index (χ3v) is 6.32. The normalized spacial score (nSPS) is 11.3. The molecule has 5 aromatic rings. The summed E-state index contributed by atoms with van der Waals surface area (Å²) >= 11 is 1.54. The van der Waals surface area contributed by atoms with E-state index >= 15 is 0 Å². The molecule has 0 unspecified atom stereocenters. The standard InChI is InChI=1S/C25H21N3O2S/c1-16-11-13-17(14-12-16)15-31-25-27-22-18-7-3-4-8-19(18)26-23(22)24(29)28(25)20-9-5-6-10-21(20)30-2/h3-14,26H,15H2,1-2H3. The van der Waals surface area contributed by atoms with E-state index in [0.717, 1.165) is 10.9 Å². The average Bonchev–Trinajstić information content (AvgIpc) is 3.18. The van der Waals surface area contributed by atoms with Gasteiger partial charge in [-0.15, -0.1) is 0 Å². The Bertz CT molecular complexity index is 1450. The summed E-state index contributed by atoms with van der Waals surface area (Å²) in [4.78, 5) is 21.9. The van der Waals surface area contributed by atoms with Crippen LogP contribution in [0.1, 0.15) is 11.1 Å². The lowest BCUT2D eigenvalue weighted by molar-refractivity contribution is 0.411. The average molecular weight is 428 g/mol. The van der Waals surface area contributed by atoms with Crippen molar-refractivity contribution in [3.63, 3.8) is 0 Å². The number of hydrogen-bond donors (Lipinski definition) is 1. The van der Waals surface area contributed by atoms with Crippen molar-refractivity contribution in [1.29, 1.82) is 0 Å². The van der Waals surface area contributed by atoms with Gasteiger partial charge in [0.15, 0.2) is 5.16 Å². The number of para-hydroxylation sites is 3. The van der Waals surface area contributed by atoms with Gasteiger partial charge in [-0.3, -0.25) is 4.79 Å². The SMILES string of the molecule is COc1ccccc1-n1c(SCc2ccc(C)cc2)nc2c([nH]c3ccccc32)c1=O. The van der Waals surface area contributed by atoms with E-state index in [0.29, 0.717) is 33.4 Å². The Balaban J connectivity index is 1.73. The minimum absolute atomic E-state index is 0.142. The van der Waals surface area contributed by atoms with E-state index < -0.39 is 0 Å². The van der Waals surface area contributed by atoms with Crippen LogP contribution in [0.4, 0.5) is 0 Å². The molecule has 0 fully saturated rings. The van der Waals surface area contributed by atoms with Crippen LogP contribution in [0.25, 0.3) is 27.6 Å². The first-order valence-corrected chi connectivity index (χ1v) is 11.0. The fraction of sp³-hybridized carbons (Fsp3) is 0.120. The fourth-order valence-electron chi connectivity index (χ4n) is 3.70. The number of aromatic nitrogens is 3. The van der Waals surface area contributed by atoms with Gasteiger partial charge >= 0.3 is 0 Å². The second-order valence-corrected chi connectivity index (χ2v) is 8.32. The van der Waals surface area contributed by atoms with Crippen molar-refractivity contribution in [3.05, 3.63) is 94.3 Å². The summed E-state index contributed by atoms with van der Waals surface area (Å²) in [5.41, 5.74) is 5.01. The number of H-pyrrole nitrogens is 1. The summed E-state index contributed by atoms with van der Waals surface area (Å²) in [5.74, 6) is 1.33. The van der Waals surface area contributed by atoms with Gasteiger partial charge < -0.3 is 9.72 Å². The third kappa shape index (κ3) is 3.49. The molecule has 0 radical (unpaired) electrons. The van der Waals surface area contributed by atoms with Crippen molar-refractivity contribution in [2.75, 3.05) is 7.11 Å². The van der Waals surface area contributed by atoms with E-state index in [1.165, 1.54) is 11.1 Å². The molecular formula is C25H21N3O2S. The highest BCUT2D eigenvalue weighted by atomic mass is 32.2. The number of nitrogens with one attached hydrogen (secondary N) is 1. The first kappa shape index (κ1) is 19.5. The number of hydrogen-bond acceptors (Lipinski definition) is 4. The highest BCUT2D eigenvalue weighted by Crippen LogP contribution is 2.30. The zero-order chi connectivity index (χ0) is 21.4. The molecule has 0 aliphatic rings. The summed E-state index contributed by atoms with van der Waals surface area (Å²) in [6.45, 7) is 2.07. The van der Waals surface area contributed by atoms with Crippen LogP contribution in [0.3, 0.4) is 0 Å². The van der Waals surface area contributed by atoms with Crippen LogP contribution < -0.4 is 10.3 Å². The molecule has 154 valence electrons. The zero-order valence-electron chi connectivity index (χ0n) is 17.3. The molecule has 5 nitrogen and oxygen atoms in total. The summed E-state index contributed by atoms with van der Waals surface area (Å²) in [6, 6.07) is 23.8. The van der Waals surface area contributed by atoms with Crippen LogP contribution in [0.2, 0.25) is 0 Å². The van der Waals surface area contributed by atoms with E-state index in [1.54, 1.807) is 23.4 Å². The molecule has 0 aliphatic heterocycles. The molecule has 1 N–H and O–H groups in total. The Morgan fingerprint density at radius 1 is 1.00 bits per heavy atom. The molecule has 0 bridgehead atoms. The van der Waals surface area contributed by atoms with Crippen LogP contribution in [0.5, 0.6) is 5.75 Å². The topological polar surface area (TPSA) is 59.9 Å². The molecule has 5 rings (SSSR count). The molecule has 0 spiro atoms. The number of thioether (sulfide) groups is 1. The van der Waals surface area contributed by atoms with Gasteiger partial charge in [0.1, 0.15) is 16.8 Å². The lowest BCUT2D eigenvalue weighted by Crippen LogP contribution is -2.22. The maximum absolute atomic E-state index is 13.7. The summed E-state index contributed by atoms with van der Waals surface area (Å²) < 4.78 is 7.20. The Labute approximate surface area is 183 Å². The van der Waals surface area contributed by atoms with Crippen LogP contribution in [-0.2, 0) is 5.75 Å². The Morgan fingerprint density at radius 2 is 1.74 bits per heavy atom. The van der Waals surface area contributed by atoms with E-state index in [4.69, 9.17) is 9.72 Å². The number of aryl methyl sites for hydroxylation is 1. The highest BCUT2D eigenvalue weighted by molar-refractivity contribution is 7.98. The van der Waals surface area contributed by atoms with Crippen LogP contribution in [-0.4, -0.2) is 21.6 Å². The summed E-state index contributed by atoms with van der Waals surface area (Å²) in [5, 5.41) is 1.58. The smallest absolute Gasteiger partial charge is 0.283 e. The van der Waals surface area contributed by atoms with Crippen molar-refractivity contribution < 1.29 is 4.74 Å².